The highest BCUT2D eigenvalue weighted by molar-refractivity contribution is 6.00. The molecule has 0 spiro atoms. The molecule has 0 aromatic heterocycles. The molecule has 0 radical (unpaired) electrons. The highest BCUT2D eigenvalue weighted by Gasteiger charge is 2.32. The van der Waals surface area contributed by atoms with Gasteiger partial charge in [0.15, 0.2) is 0 Å². The lowest BCUT2D eigenvalue weighted by atomic mass is 10.1. The number of alkyl halides is 3. The van der Waals surface area contributed by atoms with E-state index in [0.29, 0.717) is 4.90 Å². The fraction of sp³-hybridized carbons (Fsp3) is 0.333. The van der Waals surface area contributed by atoms with Crippen molar-refractivity contribution in [1.29, 1.82) is 0 Å². The minimum Gasteiger partial charge on any atom is -0.478 e. The van der Waals surface area contributed by atoms with Gasteiger partial charge in [0, 0.05) is 6.54 Å². The first-order valence-corrected chi connectivity index (χ1v) is 5.80. The largest absolute Gasteiger partial charge is 0.478 e. The van der Waals surface area contributed by atoms with Crippen molar-refractivity contribution in [3.63, 3.8) is 0 Å². The number of urea groups is 1. The molecule has 0 aliphatic rings. The van der Waals surface area contributed by atoms with E-state index in [2.05, 4.69) is 0 Å². The van der Waals surface area contributed by atoms with Crippen molar-refractivity contribution in [1.82, 2.24) is 4.90 Å². The lowest BCUT2D eigenvalue weighted by Crippen LogP contribution is -2.41. The Kier molecular flexibility index (Phi) is 5.12. The van der Waals surface area contributed by atoms with E-state index in [4.69, 9.17) is 5.11 Å². The predicted octanol–water partition coefficient (Wildman–Crippen LogP) is 2.94. The van der Waals surface area contributed by atoms with Gasteiger partial charge < -0.3 is 15.3 Å². The number of benzene rings is 1. The van der Waals surface area contributed by atoms with E-state index in [1.165, 1.54) is 6.92 Å². The fourth-order valence-corrected chi connectivity index (χ4v) is 1.56. The standard InChI is InChI=1S/C12H12F4N2O3/c1-2-18(6-12(14,15)16)11(21)17-9-7(10(19)20)4-3-5-8(9)13/h3-5H,2,6H2,1H3,(H,17,21)(H,19,20). The van der Waals surface area contributed by atoms with Crippen molar-refractivity contribution < 1.29 is 32.3 Å². The van der Waals surface area contributed by atoms with Crippen LogP contribution in [0.2, 0.25) is 0 Å². The molecule has 0 bridgehead atoms. The van der Waals surface area contributed by atoms with Gasteiger partial charge in [-0.3, -0.25) is 0 Å². The lowest BCUT2D eigenvalue weighted by Gasteiger charge is -2.23. The molecule has 2 amide bonds. The first-order chi connectivity index (χ1) is 9.65. The molecule has 1 rings (SSSR count). The molecule has 1 aromatic carbocycles. The van der Waals surface area contributed by atoms with E-state index >= 15 is 0 Å². The Morgan fingerprint density at radius 2 is 1.95 bits per heavy atom. The Morgan fingerprint density at radius 1 is 1.33 bits per heavy atom. The van der Waals surface area contributed by atoms with Gasteiger partial charge in [0.2, 0.25) is 0 Å². The summed E-state index contributed by atoms with van der Waals surface area (Å²) in [7, 11) is 0. The molecule has 0 saturated heterocycles. The number of nitrogens with one attached hydrogen (secondary N) is 1. The van der Waals surface area contributed by atoms with E-state index in [1.54, 1.807) is 0 Å². The van der Waals surface area contributed by atoms with Gasteiger partial charge in [-0.15, -0.1) is 0 Å². The molecule has 0 atom stereocenters. The van der Waals surface area contributed by atoms with Crippen LogP contribution in [-0.2, 0) is 0 Å². The van der Waals surface area contributed by atoms with E-state index in [-0.39, 0.29) is 6.54 Å². The van der Waals surface area contributed by atoms with Crippen LogP contribution in [0.5, 0.6) is 0 Å². The number of hydrogen-bond donors (Lipinski definition) is 2. The molecule has 0 fully saturated rings. The monoisotopic (exact) mass is 308 g/mol. The van der Waals surface area contributed by atoms with E-state index in [0.717, 1.165) is 18.2 Å². The van der Waals surface area contributed by atoms with Crippen LogP contribution >= 0.6 is 0 Å². The Labute approximate surface area is 117 Å². The average Bonchev–Trinajstić information content (AvgIpc) is 2.36. The topological polar surface area (TPSA) is 69.6 Å². The number of aromatic carboxylic acids is 1. The van der Waals surface area contributed by atoms with Gasteiger partial charge in [-0.05, 0) is 19.1 Å². The average molecular weight is 308 g/mol. The van der Waals surface area contributed by atoms with Crippen molar-refractivity contribution in [3.05, 3.63) is 29.6 Å². The Bertz CT molecular complexity index is 546. The first-order valence-electron chi connectivity index (χ1n) is 5.80. The number of hydrogen-bond acceptors (Lipinski definition) is 2. The molecule has 21 heavy (non-hydrogen) atoms. The fourth-order valence-electron chi connectivity index (χ4n) is 1.56. The van der Waals surface area contributed by atoms with Crippen LogP contribution in [0.3, 0.4) is 0 Å². The molecule has 9 heteroatoms. The Hall–Kier alpha value is -2.32. The van der Waals surface area contributed by atoms with Crippen molar-refractivity contribution >= 4 is 17.7 Å². The Balaban J connectivity index is 3.00. The van der Waals surface area contributed by atoms with Crippen LogP contribution in [0.25, 0.3) is 0 Å². The number of carbonyl (C=O) groups is 2. The molecule has 0 heterocycles. The number of para-hydroxylation sites is 1. The van der Waals surface area contributed by atoms with Gasteiger partial charge in [0.25, 0.3) is 0 Å². The van der Waals surface area contributed by atoms with Gasteiger partial charge in [0.1, 0.15) is 12.4 Å². The maximum Gasteiger partial charge on any atom is 0.406 e. The summed E-state index contributed by atoms with van der Waals surface area (Å²) >= 11 is 0. The van der Waals surface area contributed by atoms with E-state index in [1.807, 2.05) is 5.32 Å². The van der Waals surface area contributed by atoms with Gasteiger partial charge in [-0.1, -0.05) is 6.07 Å². The normalized spacial score (nSPS) is 11.1. The molecule has 2 N–H and O–H groups in total. The molecule has 0 aliphatic heterocycles. The molecule has 116 valence electrons. The number of nitrogens with zero attached hydrogens (tertiary/aromatic N) is 1. The van der Waals surface area contributed by atoms with Crippen LogP contribution < -0.4 is 5.32 Å². The summed E-state index contributed by atoms with van der Waals surface area (Å²) in [6.07, 6.45) is -4.61. The molecular weight excluding hydrogens is 296 g/mol. The number of carboxylic acids is 1. The summed E-state index contributed by atoms with van der Waals surface area (Å²) in [6, 6.07) is 1.80. The maximum atomic E-state index is 13.6. The number of rotatable bonds is 4. The molecule has 5 nitrogen and oxygen atoms in total. The maximum absolute atomic E-state index is 13.6. The van der Waals surface area contributed by atoms with Crippen molar-refractivity contribution in [3.8, 4) is 0 Å². The van der Waals surface area contributed by atoms with Gasteiger partial charge in [-0.2, -0.15) is 13.2 Å². The predicted molar refractivity (Wildman–Crippen MR) is 65.7 cm³/mol. The summed E-state index contributed by atoms with van der Waals surface area (Å²) in [5.41, 5.74) is -1.22. The molecule has 0 unspecified atom stereocenters. The number of halogens is 4. The van der Waals surface area contributed by atoms with Crippen LogP contribution in [-0.4, -0.2) is 41.3 Å². The minimum atomic E-state index is -4.61. The highest BCUT2D eigenvalue weighted by atomic mass is 19.4. The highest BCUT2D eigenvalue weighted by Crippen LogP contribution is 2.22. The van der Waals surface area contributed by atoms with Gasteiger partial charge in [-0.25, -0.2) is 14.0 Å². The number of anilines is 1. The van der Waals surface area contributed by atoms with Crippen molar-refractivity contribution in [2.45, 2.75) is 13.1 Å². The number of amides is 2. The number of carboxylic acid groups (broad SMARTS) is 1. The van der Waals surface area contributed by atoms with Crippen LogP contribution in [0.15, 0.2) is 18.2 Å². The second kappa shape index (κ2) is 6.42. The summed E-state index contributed by atoms with van der Waals surface area (Å²) in [4.78, 5) is 23.0. The van der Waals surface area contributed by atoms with Gasteiger partial charge >= 0.3 is 18.2 Å². The van der Waals surface area contributed by atoms with Crippen molar-refractivity contribution in [2.75, 3.05) is 18.4 Å². The van der Waals surface area contributed by atoms with Crippen LogP contribution in [0.4, 0.5) is 28.0 Å². The third-order valence-electron chi connectivity index (χ3n) is 2.52. The molecule has 0 saturated carbocycles. The third-order valence-corrected chi connectivity index (χ3v) is 2.52. The van der Waals surface area contributed by atoms with E-state index in [9.17, 15) is 27.2 Å². The summed E-state index contributed by atoms with van der Waals surface area (Å²) in [5, 5.41) is 10.7. The van der Waals surface area contributed by atoms with Crippen LogP contribution in [0, 0.1) is 5.82 Å². The molecule has 0 aliphatic carbocycles. The van der Waals surface area contributed by atoms with Gasteiger partial charge in [0.05, 0.1) is 11.3 Å². The SMILES string of the molecule is CCN(CC(F)(F)F)C(=O)Nc1c(F)cccc1C(=O)O. The Morgan fingerprint density at radius 3 is 2.43 bits per heavy atom. The zero-order chi connectivity index (χ0) is 16.2. The second-order valence-electron chi connectivity index (χ2n) is 4.03. The lowest BCUT2D eigenvalue weighted by molar-refractivity contribution is -0.139. The molecule has 1 aromatic rings. The van der Waals surface area contributed by atoms with E-state index < -0.39 is 41.8 Å². The van der Waals surface area contributed by atoms with Crippen LogP contribution in [0.1, 0.15) is 17.3 Å². The number of carbonyl (C=O) groups excluding carboxylic acids is 1. The first kappa shape index (κ1) is 16.7. The zero-order valence-electron chi connectivity index (χ0n) is 10.9. The molecular formula is C12H12F4N2O3. The zero-order valence-corrected chi connectivity index (χ0v) is 10.9. The van der Waals surface area contributed by atoms with Crippen molar-refractivity contribution in [2.24, 2.45) is 0 Å². The minimum absolute atomic E-state index is 0.276. The summed E-state index contributed by atoms with van der Waals surface area (Å²) in [5.74, 6) is -2.56. The third kappa shape index (κ3) is 4.62. The summed E-state index contributed by atoms with van der Waals surface area (Å²) < 4.78 is 50.4. The quantitative estimate of drug-likeness (QED) is 0.840. The second-order valence-corrected chi connectivity index (χ2v) is 4.03. The smallest absolute Gasteiger partial charge is 0.406 e. The summed E-state index contributed by atoms with van der Waals surface area (Å²) in [6.45, 7) is -0.487.